The molecule has 1 aromatic rings. The summed E-state index contributed by atoms with van der Waals surface area (Å²) in [6.07, 6.45) is 2.95. The summed E-state index contributed by atoms with van der Waals surface area (Å²) in [6.45, 7) is 7.74. The Morgan fingerprint density at radius 3 is 3.12 bits per heavy atom. The fourth-order valence-electron chi connectivity index (χ4n) is 2.14. The number of nitrogens with one attached hydrogen (secondary N) is 1. The Labute approximate surface area is 97.3 Å². The van der Waals surface area contributed by atoms with E-state index in [9.17, 15) is 0 Å². The molecule has 1 aliphatic heterocycles. The Hall–Kier alpha value is -1.28. The quantitative estimate of drug-likeness (QED) is 0.618. The summed E-state index contributed by atoms with van der Waals surface area (Å²) in [4.78, 5) is 0. The van der Waals surface area contributed by atoms with Gasteiger partial charge in [-0.3, -0.25) is 0 Å². The molecule has 1 heterocycles. The van der Waals surface area contributed by atoms with Gasteiger partial charge in [0, 0.05) is 17.5 Å². The van der Waals surface area contributed by atoms with E-state index in [-0.39, 0.29) is 0 Å². The largest absolute Gasteiger partial charge is 0.493 e. The molecule has 0 saturated carbocycles. The second-order valence-corrected chi connectivity index (χ2v) is 4.34. The maximum absolute atomic E-state index is 5.71. The first kappa shape index (κ1) is 11.2. The smallest absolute Gasteiger partial charge is 0.124 e. The number of hydrogen-bond donors (Lipinski definition) is 1. The highest BCUT2D eigenvalue weighted by Gasteiger charge is 2.26. The van der Waals surface area contributed by atoms with Crippen molar-refractivity contribution in [1.29, 1.82) is 0 Å². The van der Waals surface area contributed by atoms with Crippen molar-refractivity contribution in [2.75, 3.05) is 13.2 Å². The molecule has 2 rings (SSSR count). The van der Waals surface area contributed by atoms with E-state index in [4.69, 9.17) is 4.74 Å². The van der Waals surface area contributed by atoms with E-state index >= 15 is 0 Å². The number of benzene rings is 1. The van der Waals surface area contributed by atoms with Gasteiger partial charge in [-0.1, -0.05) is 31.2 Å². The standard InChI is InChI=1S/C14H19NO/c1-3-4-9-15-14-11(2)10-16-13-8-6-5-7-12(13)14/h3,5-8,11,14-15H,1,4,9-10H2,2H3. The van der Waals surface area contributed by atoms with Gasteiger partial charge < -0.3 is 10.1 Å². The second kappa shape index (κ2) is 5.17. The van der Waals surface area contributed by atoms with E-state index in [1.165, 1.54) is 5.56 Å². The minimum Gasteiger partial charge on any atom is -0.493 e. The van der Waals surface area contributed by atoms with Crippen molar-refractivity contribution in [3.05, 3.63) is 42.5 Å². The Morgan fingerprint density at radius 2 is 2.31 bits per heavy atom. The zero-order valence-electron chi connectivity index (χ0n) is 9.78. The van der Waals surface area contributed by atoms with Crippen LogP contribution in [0, 0.1) is 5.92 Å². The van der Waals surface area contributed by atoms with E-state index < -0.39 is 0 Å². The second-order valence-electron chi connectivity index (χ2n) is 4.34. The lowest BCUT2D eigenvalue weighted by Crippen LogP contribution is -2.34. The van der Waals surface area contributed by atoms with Crippen molar-refractivity contribution in [3.63, 3.8) is 0 Å². The predicted octanol–water partition coefficient (Wildman–Crippen LogP) is 2.92. The van der Waals surface area contributed by atoms with Gasteiger partial charge in [0.2, 0.25) is 0 Å². The monoisotopic (exact) mass is 217 g/mol. The third kappa shape index (κ3) is 2.27. The van der Waals surface area contributed by atoms with Crippen LogP contribution < -0.4 is 10.1 Å². The minimum absolute atomic E-state index is 0.407. The molecule has 86 valence electrons. The van der Waals surface area contributed by atoms with Gasteiger partial charge in [-0.25, -0.2) is 0 Å². The summed E-state index contributed by atoms with van der Waals surface area (Å²) < 4.78 is 5.71. The minimum atomic E-state index is 0.407. The highest BCUT2D eigenvalue weighted by molar-refractivity contribution is 5.37. The van der Waals surface area contributed by atoms with Crippen molar-refractivity contribution in [3.8, 4) is 5.75 Å². The molecule has 2 nitrogen and oxygen atoms in total. The Kier molecular flexibility index (Phi) is 3.62. The summed E-state index contributed by atoms with van der Waals surface area (Å²) >= 11 is 0. The van der Waals surface area contributed by atoms with Crippen LogP contribution in [0.5, 0.6) is 5.75 Å². The summed E-state index contributed by atoms with van der Waals surface area (Å²) in [5.74, 6) is 1.54. The summed E-state index contributed by atoms with van der Waals surface area (Å²) in [5.41, 5.74) is 1.28. The van der Waals surface area contributed by atoms with E-state index in [0.717, 1.165) is 25.3 Å². The van der Waals surface area contributed by atoms with Gasteiger partial charge in [0.25, 0.3) is 0 Å². The topological polar surface area (TPSA) is 21.3 Å². The van der Waals surface area contributed by atoms with Gasteiger partial charge >= 0.3 is 0 Å². The van der Waals surface area contributed by atoms with Gasteiger partial charge in [0.1, 0.15) is 5.75 Å². The fraction of sp³-hybridized carbons (Fsp3) is 0.429. The highest BCUT2D eigenvalue weighted by Crippen LogP contribution is 2.34. The van der Waals surface area contributed by atoms with E-state index in [1.807, 2.05) is 18.2 Å². The molecule has 2 unspecified atom stereocenters. The fourth-order valence-corrected chi connectivity index (χ4v) is 2.14. The molecule has 0 saturated heterocycles. The molecule has 0 aromatic heterocycles. The molecule has 0 aliphatic carbocycles. The average Bonchev–Trinajstić information content (AvgIpc) is 2.32. The van der Waals surface area contributed by atoms with Crippen LogP contribution in [0.4, 0.5) is 0 Å². The van der Waals surface area contributed by atoms with Crippen LogP contribution >= 0.6 is 0 Å². The van der Waals surface area contributed by atoms with E-state index in [1.54, 1.807) is 0 Å². The molecule has 1 aromatic carbocycles. The van der Waals surface area contributed by atoms with Crippen LogP contribution in [-0.2, 0) is 0 Å². The van der Waals surface area contributed by atoms with Crippen molar-refractivity contribution in [2.24, 2.45) is 5.92 Å². The molecular formula is C14H19NO. The number of hydrogen-bond acceptors (Lipinski definition) is 2. The third-order valence-electron chi connectivity index (χ3n) is 3.04. The van der Waals surface area contributed by atoms with Crippen LogP contribution in [0.15, 0.2) is 36.9 Å². The maximum Gasteiger partial charge on any atom is 0.124 e. The predicted molar refractivity (Wildman–Crippen MR) is 66.7 cm³/mol. The summed E-state index contributed by atoms with van der Waals surface area (Å²) in [5, 5.41) is 3.58. The van der Waals surface area contributed by atoms with Gasteiger partial charge in [-0.15, -0.1) is 6.58 Å². The maximum atomic E-state index is 5.71. The van der Waals surface area contributed by atoms with Crippen molar-refractivity contribution in [2.45, 2.75) is 19.4 Å². The van der Waals surface area contributed by atoms with Crippen molar-refractivity contribution < 1.29 is 4.74 Å². The number of fused-ring (bicyclic) bond motifs is 1. The van der Waals surface area contributed by atoms with E-state index in [2.05, 4.69) is 31.0 Å². The first-order valence-electron chi connectivity index (χ1n) is 5.89. The normalized spacial score (nSPS) is 23.3. The van der Waals surface area contributed by atoms with Crippen molar-refractivity contribution in [1.82, 2.24) is 5.32 Å². The van der Waals surface area contributed by atoms with Crippen LogP contribution in [0.3, 0.4) is 0 Å². The molecule has 0 spiro atoms. The van der Waals surface area contributed by atoms with Gasteiger partial charge in [-0.05, 0) is 19.0 Å². The molecule has 0 radical (unpaired) electrons. The summed E-state index contributed by atoms with van der Waals surface area (Å²) in [6, 6.07) is 8.70. The molecule has 16 heavy (non-hydrogen) atoms. The molecule has 1 N–H and O–H groups in total. The molecule has 1 aliphatic rings. The van der Waals surface area contributed by atoms with Crippen LogP contribution in [0.1, 0.15) is 24.9 Å². The van der Waals surface area contributed by atoms with Crippen LogP contribution in [0.25, 0.3) is 0 Å². The number of para-hydroxylation sites is 1. The Bertz CT molecular complexity index is 362. The lowest BCUT2D eigenvalue weighted by atomic mass is 9.92. The van der Waals surface area contributed by atoms with Gasteiger partial charge in [0.05, 0.1) is 6.61 Å². The van der Waals surface area contributed by atoms with E-state index in [0.29, 0.717) is 12.0 Å². The Balaban J connectivity index is 2.13. The van der Waals surface area contributed by atoms with Crippen LogP contribution in [-0.4, -0.2) is 13.2 Å². The van der Waals surface area contributed by atoms with Gasteiger partial charge in [0.15, 0.2) is 0 Å². The zero-order valence-corrected chi connectivity index (χ0v) is 9.78. The SMILES string of the molecule is C=CCCNC1c2ccccc2OCC1C. The average molecular weight is 217 g/mol. The highest BCUT2D eigenvalue weighted by atomic mass is 16.5. The van der Waals surface area contributed by atoms with Crippen molar-refractivity contribution >= 4 is 0 Å². The molecule has 2 heteroatoms. The molecule has 0 bridgehead atoms. The molecule has 2 atom stereocenters. The first-order valence-corrected chi connectivity index (χ1v) is 5.89. The molecular weight excluding hydrogens is 198 g/mol. The molecule has 0 amide bonds. The zero-order chi connectivity index (χ0) is 11.4. The Morgan fingerprint density at radius 1 is 1.50 bits per heavy atom. The van der Waals surface area contributed by atoms with Crippen LogP contribution in [0.2, 0.25) is 0 Å². The molecule has 0 fully saturated rings. The summed E-state index contributed by atoms with van der Waals surface area (Å²) in [7, 11) is 0. The third-order valence-corrected chi connectivity index (χ3v) is 3.04. The lowest BCUT2D eigenvalue weighted by Gasteiger charge is -2.32. The number of rotatable bonds is 4. The lowest BCUT2D eigenvalue weighted by molar-refractivity contribution is 0.189. The first-order chi connectivity index (χ1) is 7.83. The van der Waals surface area contributed by atoms with Gasteiger partial charge in [-0.2, -0.15) is 0 Å². The number of ether oxygens (including phenoxy) is 1.